The monoisotopic (exact) mass is 417 g/mol. The van der Waals surface area contributed by atoms with Gasteiger partial charge in [0.1, 0.15) is 11.8 Å². The summed E-state index contributed by atoms with van der Waals surface area (Å²) < 4.78 is 31.1. The predicted octanol–water partition coefficient (Wildman–Crippen LogP) is 3.23. The smallest absolute Gasteiger partial charge is 0.249 e. The van der Waals surface area contributed by atoms with Crippen molar-refractivity contribution in [3.05, 3.63) is 54.1 Å². The number of hydrogen-bond acceptors (Lipinski definition) is 5. The molecular formula is C21H27N3O4S. The number of piperidine rings is 1. The standard InChI is InChI=1S/C21H27N3O4S/c1-28-19-12-11-17(15-18(19)23-29(2,26)27)22-20(16-9-5-3-6-10-16)21(25)24-13-7-4-8-14-24/h3,5-6,9-12,15,20,22-23H,4,7-8,13-14H2,1-2H3. The van der Waals surface area contributed by atoms with Gasteiger partial charge < -0.3 is 15.0 Å². The van der Waals surface area contributed by atoms with Crippen LogP contribution >= 0.6 is 0 Å². The molecule has 8 heteroatoms. The van der Waals surface area contributed by atoms with Gasteiger partial charge in [-0.1, -0.05) is 30.3 Å². The summed E-state index contributed by atoms with van der Waals surface area (Å²) in [4.78, 5) is 15.2. The van der Waals surface area contributed by atoms with Crippen LogP contribution in [0, 0.1) is 0 Å². The van der Waals surface area contributed by atoms with Crippen LogP contribution in [0.2, 0.25) is 0 Å². The molecule has 0 aliphatic carbocycles. The first-order valence-corrected chi connectivity index (χ1v) is 11.5. The molecule has 2 N–H and O–H groups in total. The highest BCUT2D eigenvalue weighted by Crippen LogP contribution is 2.31. The van der Waals surface area contributed by atoms with Gasteiger partial charge in [0.25, 0.3) is 0 Å². The summed E-state index contributed by atoms with van der Waals surface area (Å²) in [6.07, 6.45) is 4.25. The van der Waals surface area contributed by atoms with E-state index in [1.165, 1.54) is 7.11 Å². The van der Waals surface area contributed by atoms with E-state index in [0.717, 1.165) is 44.2 Å². The molecule has 156 valence electrons. The van der Waals surface area contributed by atoms with Crippen LogP contribution < -0.4 is 14.8 Å². The van der Waals surface area contributed by atoms with Gasteiger partial charge in [-0.3, -0.25) is 9.52 Å². The normalized spacial score (nSPS) is 15.4. The number of carbonyl (C=O) groups is 1. The molecular weight excluding hydrogens is 390 g/mol. The summed E-state index contributed by atoms with van der Waals surface area (Å²) in [5, 5.41) is 3.29. The van der Waals surface area contributed by atoms with Crippen molar-refractivity contribution in [3.8, 4) is 5.75 Å². The van der Waals surface area contributed by atoms with Crippen molar-refractivity contribution < 1.29 is 17.9 Å². The maximum Gasteiger partial charge on any atom is 0.249 e. The van der Waals surface area contributed by atoms with Gasteiger partial charge in [0.15, 0.2) is 0 Å². The van der Waals surface area contributed by atoms with Crippen LogP contribution in [0.15, 0.2) is 48.5 Å². The Bertz CT molecular complexity index is 942. The van der Waals surface area contributed by atoms with Crippen LogP contribution in [-0.4, -0.2) is 45.7 Å². The van der Waals surface area contributed by atoms with Crippen molar-refractivity contribution in [3.63, 3.8) is 0 Å². The fourth-order valence-corrected chi connectivity index (χ4v) is 4.03. The number of nitrogens with zero attached hydrogens (tertiary/aromatic N) is 1. The largest absolute Gasteiger partial charge is 0.495 e. The lowest BCUT2D eigenvalue weighted by Crippen LogP contribution is -2.41. The Hall–Kier alpha value is -2.74. The summed E-state index contributed by atoms with van der Waals surface area (Å²) in [5.41, 5.74) is 1.80. The lowest BCUT2D eigenvalue weighted by molar-refractivity contribution is -0.133. The number of amides is 1. The quantitative estimate of drug-likeness (QED) is 0.722. The number of carbonyl (C=O) groups excluding carboxylic acids is 1. The molecule has 1 aliphatic rings. The van der Waals surface area contributed by atoms with E-state index >= 15 is 0 Å². The van der Waals surface area contributed by atoms with Crippen molar-refractivity contribution in [2.75, 3.05) is 36.5 Å². The van der Waals surface area contributed by atoms with Gasteiger partial charge in [0.05, 0.1) is 19.1 Å². The fourth-order valence-electron chi connectivity index (χ4n) is 3.47. The first kappa shape index (κ1) is 21.0. The van der Waals surface area contributed by atoms with E-state index in [9.17, 15) is 13.2 Å². The molecule has 1 amide bonds. The molecule has 3 rings (SSSR count). The minimum atomic E-state index is -3.47. The Morgan fingerprint density at radius 1 is 1.07 bits per heavy atom. The molecule has 1 fully saturated rings. The highest BCUT2D eigenvalue weighted by Gasteiger charge is 2.27. The number of anilines is 2. The third-order valence-electron chi connectivity index (χ3n) is 4.85. The van der Waals surface area contributed by atoms with Crippen molar-refractivity contribution in [1.29, 1.82) is 0 Å². The van der Waals surface area contributed by atoms with Crippen LogP contribution in [0.25, 0.3) is 0 Å². The third kappa shape index (κ3) is 5.63. The van der Waals surface area contributed by atoms with E-state index in [0.29, 0.717) is 17.1 Å². The Kier molecular flexibility index (Phi) is 6.64. The maximum absolute atomic E-state index is 13.3. The van der Waals surface area contributed by atoms with E-state index in [1.807, 2.05) is 35.2 Å². The van der Waals surface area contributed by atoms with E-state index in [2.05, 4.69) is 10.0 Å². The summed E-state index contributed by atoms with van der Waals surface area (Å²) in [5.74, 6) is 0.420. The van der Waals surface area contributed by atoms with Gasteiger partial charge in [-0.05, 0) is 43.0 Å². The van der Waals surface area contributed by atoms with Crippen molar-refractivity contribution in [2.24, 2.45) is 0 Å². The van der Waals surface area contributed by atoms with Gasteiger partial charge >= 0.3 is 0 Å². The molecule has 29 heavy (non-hydrogen) atoms. The third-order valence-corrected chi connectivity index (χ3v) is 5.44. The molecule has 1 unspecified atom stereocenters. The molecule has 7 nitrogen and oxygen atoms in total. The number of ether oxygens (including phenoxy) is 1. The van der Waals surface area contributed by atoms with E-state index in [-0.39, 0.29) is 5.91 Å². The van der Waals surface area contributed by atoms with Gasteiger partial charge in [-0.25, -0.2) is 8.42 Å². The molecule has 1 heterocycles. The lowest BCUT2D eigenvalue weighted by atomic mass is 10.0. The van der Waals surface area contributed by atoms with Gasteiger partial charge in [-0.2, -0.15) is 0 Å². The summed E-state index contributed by atoms with van der Waals surface area (Å²) in [6.45, 7) is 1.51. The number of sulfonamides is 1. The molecule has 1 saturated heterocycles. The zero-order valence-corrected chi connectivity index (χ0v) is 17.5. The predicted molar refractivity (Wildman–Crippen MR) is 115 cm³/mol. The Morgan fingerprint density at radius 2 is 1.76 bits per heavy atom. The van der Waals surface area contributed by atoms with Gasteiger partial charge in [0, 0.05) is 18.8 Å². The van der Waals surface area contributed by atoms with Crippen molar-refractivity contribution in [1.82, 2.24) is 4.90 Å². The van der Waals surface area contributed by atoms with Crippen LogP contribution in [0.4, 0.5) is 11.4 Å². The second-order valence-electron chi connectivity index (χ2n) is 7.16. The van der Waals surface area contributed by atoms with Crippen molar-refractivity contribution in [2.45, 2.75) is 25.3 Å². The van der Waals surface area contributed by atoms with Crippen LogP contribution in [0.3, 0.4) is 0 Å². The Morgan fingerprint density at radius 3 is 2.38 bits per heavy atom. The van der Waals surface area contributed by atoms with E-state index in [1.54, 1.807) is 18.2 Å². The average Bonchev–Trinajstić information content (AvgIpc) is 2.72. The number of rotatable bonds is 7. The molecule has 0 bridgehead atoms. The molecule has 0 aromatic heterocycles. The second-order valence-corrected chi connectivity index (χ2v) is 8.91. The second kappa shape index (κ2) is 9.17. The maximum atomic E-state index is 13.3. The van der Waals surface area contributed by atoms with Gasteiger partial charge in [-0.15, -0.1) is 0 Å². The summed E-state index contributed by atoms with van der Waals surface area (Å²) in [6, 6.07) is 14.1. The molecule has 1 aliphatic heterocycles. The molecule has 2 aromatic rings. The fraction of sp³-hybridized carbons (Fsp3) is 0.381. The number of benzene rings is 2. The van der Waals surface area contributed by atoms with Crippen LogP contribution in [0.5, 0.6) is 5.75 Å². The van der Waals surface area contributed by atoms with Crippen LogP contribution in [0.1, 0.15) is 30.9 Å². The number of hydrogen-bond donors (Lipinski definition) is 2. The zero-order valence-electron chi connectivity index (χ0n) is 16.7. The zero-order chi connectivity index (χ0) is 20.9. The Labute approximate surface area is 172 Å². The topological polar surface area (TPSA) is 87.7 Å². The molecule has 2 aromatic carbocycles. The first-order valence-electron chi connectivity index (χ1n) is 9.63. The summed E-state index contributed by atoms with van der Waals surface area (Å²) in [7, 11) is -2.00. The van der Waals surface area contributed by atoms with Crippen molar-refractivity contribution >= 4 is 27.3 Å². The highest BCUT2D eigenvalue weighted by atomic mass is 32.2. The highest BCUT2D eigenvalue weighted by molar-refractivity contribution is 7.92. The molecule has 0 saturated carbocycles. The number of nitrogens with one attached hydrogen (secondary N) is 2. The van der Waals surface area contributed by atoms with Gasteiger partial charge in [0.2, 0.25) is 15.9 Å². The number of likely N-dealkylation sites (tertiary alicyclic amines) is 1. The molecule has 0 radical (unpaired) electrons. The average molecular weight is 418 g/mol. The number of methoxy groups -OCH3 is 1. The first-order chi connectivity index (χ1) is 13.9. The lowest BCUT2D eigenvalue weighted by Gasteiger charge is -2.31. The van der Waals surface area contributed by atoms with E-state index < -0.39 is 16.1 Å². The summed E-state index contributed by atoms with van der Waals surface area (Å²) >= 11 is 0. The SMILES string of the molecule is COc1ccc(NC(C(=O)N2CCCCC2)c2ccccc2)cc1NS(C)(=O)=O. The molecule has 0 spiro atoms. The minimum Gasteiger partial charge on any atom is -0.495 e. The molecule has 1 atom stereocenters. The van der Waals surface area contributed by atoms with E-state index in [4.69, 9.17) is 4.74 Å². The van der Waals surface area contributed by atoms with Crippen LogP contribution in [-0.2, 0) is 14.8 Å². The minimum absolute atomic E-state index is 0.0179. The Balaban J connectivity index is 1.91.